The molecule has 9 heteroatoms. The van der Waals surface area contributed by atoms with E-state index in [0.29, 0.717) is 27.1 Å². The minimum absolute atomic E-state index is 0.00252. The Balaban J connectivity index is 1.51. The fourth-order valence-electron chi connectivity index (χ4n) is 4.35. The largest absolute Gasteiger partial charge is 0.503 e. The van der Waals surface area contributed by atoms with Crippen LogP contribution in [0.3, 0.4) is 0 Å². The maximum absolute atomic E-state index is 13.8. The molecule has 0 saturated heterocycles. The lowest BCUT2D eigenvalue weighted by molar-refractivity contribution is -0.117. The number of halogens is 1. The summed E-state index contributed by atoms with van der Waals surface area (Å²) in [6.07, 6.45) is 0. The first-order valence-electron chi connectivity index (χ1n) is 10.9. The maximum Gasteiger partial charge on any atom is 0.296 e. The third-order valence-corrected chi connectivity index (χ3v) is 7.10. The van der Waals surface area contributed by atoms with Crippen molar-refractivity contribution >= 4 is 49.3 Å². The van der Waals surface area contributed by atoms with Crippen LogP contribution in [0.4, 0.5) is 9.52 Å². The minimum Gasteiger partial charge on any atom is -0.503 e. The SMILES string of the molecule is COc1ccc(C2C(C(=O)c3cc4ccccc4o3)=C(O)C(=O)N2c2nc3ccc(F)cc3s2)cc1. The van der Waals surface area contributed by atoms with Gasteiger partial charge in [-0.15, -0.1) is 0 Å². The van der Waals surface area contributed by atoms with Crippen LogP contribution in [0.15, 0.2) is 88.5 Å². The Bertz CT molecular complexity index is 1670. The van der Waals surface area contributed by atoms with Crippen LogP contribution in [0.25, 0.3) is 21.2 Å². The molecule has 0 saturated carbocycles. The van der Waals surface area contributed by atoms with E-state index in [1.165, 1.54) is 30.2 Å². The van der Waals surface area contributed by atoms with Gasteiger partial charge >= 0.3 is 0 Å². The van der Waals surface area contributed by atoms with Crippen molar-refractivity contribution in [2.45, 2.75) is 6.04 Å². The lowest BCUT2D eigenvalue weighted by atomic mass is 9.95. The Kier molecular flexibility index (Phi) is 5.08. The van der Waals surface area contributed by atoms with Crippen LogP contribution in [0.1, 0.15) is 22.2 Å². The van der Waals surface area contributed by atoms with Crippen molar-refractivity contribution in [1.82, 2.24) is 4.98 Å². The number of nitrogens with zero attached hydrogens (tertiary/aromatic N) is 2. The van der Waals surface area contributed by atoms with Crippen molar-refractivity contribution in [2.24, 2.45) is 0 Å². The molecule has 1 unspecified atom stereocenters. The molecule has 1 N–H and O–H groups in total. The summed E-state index contributed by atoms with van der Waals surface area (Å²) >= 11 is 1.09. The second kappa shape index (κ2) is 8.31. The number of carbonyl (C=O) groups is 2. The van der Waals surface area contributed by atoms with Crippen molar-refractivity contribution < 1.29 is 28.2 Å². The molecule has 0 fully saturated rings. The topological polar surface area (TPSA) is 92.9 Å². The zero-order valence-electron chi connectivity index (χ0n) is 18.8. The van der Waals surface area contributed by atoms with E-state index in [2.05, 4.69) is 4.98 Å². The zero-order chi connectivity index (χ0) is 25.0. The number of furan rings is 1. The van der Waals surface area contributed by atoms with E-state index in [1.807, 2.05) is 6.07 Å². The number of hydrogen-bond donors (Lipinski definition) is 1. The fraction of sp³-hybridized carbons (Fsp3) is 0.0741. The quantitative estimate of drug-likeness (QED) is 0.299. The third kappa shape index (κ3) is 3.44. The zero-order valence-corrected chi connectivity index (χ0v) is 19.6. The first-order chi connectivity index (χ1) is 17.4. The van der Waals surface area contributed by atoms with Crippen LogP contribution in [-0.4, -0.2) is 28.9 Å². The van der Waals surface area contributed by atoms with Gasteiger partial charge in [0, 0.05) is 5.39 Å². The second-order valence-corrected chi connectivity index (χ2v) is 9.21. The van der Waals surface area contributed by atoms with Crippen molar-refractivity contribution in [3.8, 4) is 5.75 Å². The molecule has 3 heterocycles. The second-order valence-electron chi connectivity index (χ2n) is 8.20. The van der Waals surface area contributed by atoms with E-state index in [-0.39, 0.29) is 16.5 Å². The van der Waals surface area contributed by atoms with Gasteiger partial charge in [-0.2, -0.15) is 0 Å². The van der Waals surface area contributed by atoms with Gasteiger partial charge in [0.05, 0.1) is 28.9 Å². The molecule has 6 rings (SSSR count). The van der Waals surface area contributed by atoms with Crippen LogP contribution in [0.5, 0.6) is 5.75 Å². The monoisotopic (exact) mass is 500 g/mol. The van der Waals surface area contributed by atoms with Crippen LogP contribution in [0, 0.1) is 5.82 Å². The summed E-state index contributed by atoms with van der Waals surface area (Å²) in [6.45, 7) is 0. The molecule has 1 aliphatic rings. The standard InChI is InChI=1S/C27H17FN2O5S/c1-34-17-9-6-14(7-10-17)23-22(24(31)20-12-15-4-2-3-5-19(15)35-20)25(32)26(33)30(23)27-29-18-11-8-16(28)13-21(18)36-27/h2-13,23,32H,1H3. The molecular weight excluding hydrogens is 483 g/mol. The lowest BCUT2D eigenvalue weighted by Gasteiger charge is -2.24. The van der Waals surface area contributed by atoms with Gasteiger partial charge in [0.2, 0.25) is 5.78 Å². The predicted octanol–water partition coefficient (Wildman–Crippen LogP) is 5.97. The number of ketones is 1. The van der Waals surface area contributed by atoms with Crippen molar-refractivity contribution in [2.75, 3.05) is 12.0 Å². The highest BCUT2D eigenvalue weighted by Crippen LogP contribution is 2.44. The molecule has 0 spiro atoms. The van der Waals surface area contributed by atoms with Gasteiger partial charge < -0.3 is 14.3 Å². The van der Waals surface area contributed by atoms with Crippen molar-refractivity contribution in [1.29, 1.82) is 0 Å². The Morgan fingerprint density at radius 1 is 1.11 bits per heavy atom. The number of ether oxygens (including phenoxy) is 1. The van der Waals surface area contributed by atoms with Gasteiger partial charge in [-0.05, 0) is 48.0 Å². The molecule has 7 nitrogen and oxygen atoms in total. The number of benzene rings is 3. The van der Waals surface area contributed by atoms with Gasteiger partial charge in [-0.3, -0.25) is 14.5 Å². The third-order valence-electron chi connectivity index (χ3n) is 6.08. The smallest absolute Gasteiger partial charge is 0.296 e. The Labute approximate surface area is 207 Å². The molecule has 1 aliphatic heterocycles. The molecule has 0 radical (unpaired) electrons. The van der Waals surface area contributed by atoms with Crippen LogP contribution in [0.2, 0.25) is 0 Å². The molecular formula is C27H17FN2O5S. The highest BCUT2D eigenvalue weighted by atomic mass is 32.1. The number of amides is 1. The summed E-state index contributed by atoms with van der Waals surface area (Å²) in [6, 6.07) is 18.7. The average molecular weight is 501 g/mol. The predicted molar refractivity (Wildman–Crippen MR) is 133 cm³/mol. The summed E-state index contributed by atoms with van der Waals surface area (Å²) in [5.41, 5.74) is 1.43. The maximum atomic E-state index is 13.8. The molecule has 0 aliphatic carbocycles. The Hall–Kier alpha value is -4.50. The number of rotatable bonds is 5. The number of aliphatic hydroxyl groups excluding tert-OH is 1. The number of methoxy groups -OCH3 is 1. The van der Waals surface area contributed by atoms with Gasteiger partial charge in [0.25, 0.3) is 5.91 Å². The number of para-hydroxylation sites is 1. The van der Waals surface area contributed by atoms with Gasteiger partial charge in [0.15, 0.2) is 16.7 Å². The minimum atomic E-state index is -0.991. The van der Waals surface area contributed by atoms with E-state index in [9.17, 15) is 19.1 Å². The van der Waals surface area contributed by atoms with Crippen LogP contribution in [-0.2, 0) is 4.79 Å². The summed E-state index contributed by atoms with van der Waals surface area (Å²) in [5.74, 6) is -1.94. The number of fused-ring (bicyclic) bond motifs is 2. The van der Waals surface area contributed by atoms with Crippen molar-refractivity contribution in [3.63, 3.8) is 0 Å². The molecule has 36 heavy (non-hydrogen) atoms. The summed E-state index contributed by atoms with van der Waals surface area (Å²) in [4.78, 5) is 32.8. The fourth-order valence-corrected chi connectivity index (χ4v) is 5.37. The van der Waals surface area contributed by atoms with Crippen LogP contribution >= 0.6 is 11.3 Å². The van der Waals surface area contributed by atoms with Crippen LogP contribution < -0.4 is 9.64 Å². The number of carbonyl (C=O) groups excluding carboxylic acids is 2. The van der Waals surface area contributed by atoms with E-state index < -0.39 is 29.3 Å². The molecule has 1 amide bonds. The number of Topliss-reactive ketones (excluding diaryl/α,β-unsaturated/α-hetero) is 1. The molecule has 178 valence electrons. The van der Waals surface area contributed by atoms with E-state index in [4.69, 9.17) is 9.15 Å². The van der Waals surface area contributed by atoms with Gasteiger partial charge in [-0.1, -0.05) is 41.7 Å². The normalized spacial score (nSPS) is 15.9. The lowest BCUT2D eigenvalue weighted by Crippen LogP contribution is -2.30. The first-order valence-corrected chi connectivity index (χ1v) is 11.8. The number of thiazole rings is 1. The Morgan fingerprint density at radius 2 is 1.89 bits per heavy atom. The number of hydrogen-bond acceptors (Lipinski definition) is 7. The number of anilines is 1. The first kappa shape index (κ1) is 22.0. The molecule has 2 aromatic heterocycles. The molecule has 1 atom stereocenters. The van der Waals surface area contributed by atoms with E-state index in [1.54, 1.807) is 48.5 Å². The summed E-state index contributed by atoms with van der Waals surface area (Å²) in [7, 11) is 1.53. The highest BCUT2D eigenvalue weighted by Gasteiger charge is 2.46. The molecule has 0 bridgehead atoms. The van der Waals surface area contributed by atoms with E-state index >= 15 is 0 Å². The van der Waals surface area contributed by atoms with E-state index in [0.717, 1.165) is 16.7 Å². The highest BCUT2D eigenvalue weighted by molar-refractivity contribution is 7.22. The summed E-state index contributed by atoms with van der Waals surface area (Å²) < 4.78 is 25.3. The molecule has 5 aromatic rings. The van der Waals surface area contributed by atoms with Gasteiger partial charge in [0.1, 0.15) is 17.1 Å². The van der Waals surface area contributed by atoms with Crippen molar-refractivity contribution in [3.05, 3.63) is 101 Å². The average Bonchev–Trinajstić information content (AvgIpc) is 3.57. The number of aliphatic hydroxyl groups is 1. The Morgan fingerprint density at radius 3 is 2.64 bits per heavy atom. The van der Waals surface area contributed by atoms with Gasteiger partial charge in [-0.25, -0.2) is 9.37 Å². The summed E-state index contributed by atoms with van der Waals surface area (Å²) in [5, 5.41) is 11.9. The number of aromatic nitrogens is 1. The molecule has 3 aromatic carbocycles.